The van der Waals surface area contributed by atoms with Gasteiger partial charge in [-0.15, -0.1) is 0 Å². The Labute approximate surface area is 193 Å². The van der Waals surface area contributed by atoms with Crippen LogP contribution in [0, 0.1) is 0 Å². The molecule has 1 atom stereocenters. The van der Waals surface area contributed by atoms with Crippen molar-refractivity contribution >= 4 is 33.2 Å². The van der Waals surface area contributed by atoms with Gasteiger partial charge in [0, 0.05) is 6.54 Å². The second-order valence-corrected chi connectivity index (χ2v) is 9.06. The van der Waals surface area contributed by atoms with Crippen molar-refractivity contribution in [1.82, 2.24) is 5.32 Å². The predicted octanol–water partition coefficient (Wildman–Crippen LogP) is 4.48. The molecule has 3 aromatic rings. The van der Waals surface area contributed by atoms with Crippen molar-refractivity contribution in [1.29, 1.82) is 0 Å². The molecule has 33 heavy (non-hydrogen) atoms. The van der Waals surface area contributed by atoms with Gasteiger partial charge < -0.3 is 5.32 Å². The molecule has 0 saturated heterocycles. The Morgan fingerprint density at radius 1 is 1.00 bits per heavy atom. The lowest BCUT2D eigenvalue weighted by atomic mass is 10.1. The topological polar surface area (TPSA) is 101 Å². The van der Waals surface area contributed by atoms with E-state index in [-0.39, 0.29) is 22.2 Å². The first-order valence-corrected chi connectivity index (χ1v) is 11.5. The van der Waals surface area contributed by atoms with Crippen molar-refractivity contribution in [2.45, 2.75) is 23.7 Å². The fourth-order valence-corrected chi connectivity index (χ4v) is 3.71. The van der Waals surface area contributed by atoms with Gasteiger partial charge >= 0.3 is 6.18 Å². The van der Waals surface area contributed by atoms with E-state index in [9.17, 15) is 26.4 Å². The Bertz CT molecular complexity index is 1240. The summed E-state index contributed by atoms with van der Waals surface area (Å²) in [4.78, 5) is 13.0. The van der Waals surface area contributed by atoms with Gasteiger partial charge in [0.15, 0.2) is 0 Å². The van der Waals surface area contributed by atoms with E-state index in [4.69, 9.17) is 16.7 Å². The minimum Gasteiger partial charge on any atom is -0.323 e. The smallest absolute Gasteiger partial charge is 0.323 e. The summed E-state index contributed by atoms with van der Waals surface area (Å²) in [6.45, 7) is 0.161. The molecule has 4 N–H and O–H groups in total. The van der Waals surface area contributed by atoms with Gasteiger partial charge in [0.25, 0.3) is 0 Å². The van der Waals surface area contributed by atoms with Crippen molar-refractivity contribution in [3.8, 4) is 0 Å². The monoisotopic (exact) mass is 497 g/mol. The van der Waals surface area contributed by atoms with Gasteiger partial charge in [-0.2, -0.15) is 13.2 Å². The quantitative estimate of drug-likeness (QED) is 0.448. The highest BCUT2D eigenvalue weighted by Crippen LogP contribution is 2.34. The van der Waals surface area contributed by atoms with Crippen LogP contribution in [0.1, 0.15) is 22.7 Å². The molecule has 1 unspecified atom stereocenters. The van der Waals surface area contributed by atoms with Crippen LogP contribution < -0.4 is 15.8 Å². The molecule has 6 nitrogen and oxygen atoms in total. The summed E-state index contributed by atoms with van der Waals surface area (Å²) in [5.74, 6) is -0.622. The highest BCUT2D eigenvalue weighted by atomic mass is 35.5. The number of sulfonamides is 1. The predicted molar refractivity (Wildman–Crippen MR) is 119 cm³/mol. The number of alkyl halides is 3. The highest BCUT2D eigenvalue weighted by Gasteiger charge is 2.31. The third kappa shape index (κ3) is 6.55. The van der Waals surface area contributed by atoms with Crippen molar-refractivity contribution in [2.75, 3.05) is 5.32 Å². The van der Waals surface area contributed by atoms with E-state index in [1.54, 1.807) is 30.3 Å². The number of primary sulfonamides is 1. The van der Waals surface area contributed by atoms with Crippen LogP contribution in [-0.2, 0) is 27.5 Å². The lowest BCUT2D eigenvalue weighted by Crippen LogP contribution is -2.33. The molecule has 0 aliphatic carbocycles. The number of benzene rings is 3. The van der Waals surface area contributed by atoms with Crippen LogP contribution in [0.3, 0.4) is 0 Å². The van der Waals surface area contributed by atoms with Crippen LogP contribution in [0.15, 0.2) is 77.7 Å². The first kappa shape index (κ1) is 24.7. The molecule has 0 heterocycles. The fraction of sp³-hybridized carbons (Fsp3) is 0.136. The number of hydrogen-bond acceptors (Lipinski definition) is 4. The number of rotatable bonds is 7. The summed E-state index contributed by atoms with van der Waals surface area (Å²) in [5.41, 5.74) is 0.116. The third-order valence-electron chi connectivity index (χ3n) is 4.71. The van der Waals surface area contributed by atoms with Crippen LogP contribution in [0.2, 0.25) is 5.02 Å². The molecule has 1 amide bonds. The molecule has 11 heteroatoms. The number of carbonyl (C=O) groups excluding carboxylic acids is 1. The summed E-state index contributed by atoms with van der Waals surface area (Å²) < 4.78 is 62.0. The Morgan fingerprint density at radius 3 is 2.21 bits per heavy atom. The minimum absolute atomic E-state index is 0.0401. The first-order valence-electron chi connectivity index (χ1n) is 9.53. The fourth-order valence-electron chi connectivity index (χ4n) is 3.03. The van der Waals surface area contributed by atoms with Crippen molar-refractivity contribution in [2.24, 2.45) is 5.14 Å². The molecule has 0 saturated carbocycles. The lowest BCUT2D eigenvalue weighted by Gasteiger charge is -2.20. The summed E-state index contributed by atoms with van der Waals surface area (Å²) in [6.07, 6.45) is -4.59. The zero-order chi connectivity index (χ0) is 24.2. The molecule has 0 aromatic heterocycles. The van der Waals surface area contributed by atoms with Crippen LogP contribution in [-0.4, -0.2) is 14.3 Å². The Hall–Kier alpha value is -2.92. The number of nitrogens with one attached hydrogen (secondary N) is 2. The molecule has 0 radical (unpaired) electrons. The molecule has 174 valence electrons. The average Bonchev–Trinajstić information content (AvgIpc) is 2.75. The van der Waals surface area contributed by atoms with E-state index in [0.29, 0.717) is 11.1 Å². The standard InChI is InChI=1S/C22H19ClF3N3O3S/c23-18-11-8-16(22(24,25)26)12-19(18)29-21(30)20(15-4-2-1-3-5-15)28-13-14-6-9-17(10-7-14)33(27,31)32/h1-12,20,28H,13H2,(H,29,30)(H2,27,31,32). The van der Waals surface area contributed by atoms with E-state index < -0.39 is 33.7 Å². The van der Waals surface area contributed by atoms with Crippen molar-refractivity contribution < 1.29 is 26.4 Å². The number of halogens is 4. The molecular formula is C22H19ClF3N3O3S. The van der Waals surface area contributed by atoms with Gasteiger partial charge in [0.1, 0.15) is 6.04 Å². The van der Waals surface area contributed by atoms with Crippen LogP contribution in [0.4, 0.5) is 18.9 Å². The molecule has 0 aliphatic rings. The Kier molecular flexibility index (Phi) is 7.43. The summed E-state index contributed by atoms with van der Waals surface area (Å²) >= 11 is 6.00. The van der Waals surface area contributed by atoms with Gasteiger partial charge in [-0.1, -0.05) is 54.1 Å². The van der Waals surface area contributed by atoms with E-state index in [1.165, 1.54) is 24.3 Å². The highest BCUT2D eigenvalue weighted by molar-refractivity contribution is 7.89. The van der Waals surface area contributed by atoms with Gasteiger partial charge in [-0.3, -0.25) is 10.1 Å². The summed E-state index contributed by atoms with van der Waals surface area (Å²) in [5, 5.41) is 10.5. The number of amides is 1. The van der Waals surface area contributed by atoms with Gasteiger partial charge in [0.2, 0.25) is 15.9 Å². The molecular weight excluding hydrogens is 479 g/mol. The van der Waals surface area contributed by atoms with Crippen molar-refractivity contribution in [3.63, 3.8) is 0 Å². The number of hydrogen-bond donors (Lipinski definition) is 3. The van der Waals surface area contributed by atoms with Crippen LogP contribution >= 0.6 is 11.6 Å². The zero-order valence-corrected chi connectivity index (χ0v) is 18.5. The lowest BCUT2D eigenvalue weighted by molar-refractivity contribution is -0.137. The number of carbonyl (C=O) groups is 1. The van der Waals surface area contributed by atoms with Crippen LogP contribution in [0.25, 0.3) is 0 Å². The van der Waals surface area contributed by atoms with E-state index in [2.05, 4.69) is 10.6 Å². The maximum atomic E-state index is 13.1. The first-order chi connectivity index (χ1) is 15.4. The zero-order valence-electron chi connectivity index (χ0n) is 16.9. The SMILES string of the molecule is NS(=O)(=O)c1ccc(CNC(C(=O)Nc2cc(C(F)(F)F)ccc2Cl)c2ccccc2)cc1. The molecule has 0 fully saturated rings. The van der Waals surface area contributed by atoms with E-state index in [0.717, 1.165) is 18.2 Å². The summed E-state index contributed by atoms with van der Waals surface area (Å²) in [6, 6.07) is 16.1. The van der Waals surface area contributed by atoms with Gasteiger partial charge in [-0.05, 0) is 41.5 Å². The second kappa shape index (κ2) is 9.92. The van der Waals surface area contributed by atoms with Gasteiger partial charge in [0.05, 0.1) is 21.2 Å². The van der Waals surface area contributed by atoms with Crippen molar-refractivity contribution in [3.05, 3.63) is 94.5 Å². The normalized spacial score (nSPS) is 12.9. The summed E-state index contributed by atoms with van der Waals surface area (Å²) in [7, 11) is -3.84. The second-order valence-electron chi connectivity index (χ2n) is 7.10. The van der Waals surface area contributed by atoms with Gasteiger partial charge in [-0.25, -0.2) is 13.6 Å². The number of anilines is 1. The maximum absolute atomic E-state index is 13.1. The molecule has 0 spiro atoms. The Balaban J connectivity index is 1.82. The maximum Gasteiger partial charge on any atom is 0.416 e. The van der Waals surface area contributed by atoms with Crippen LogP contribution in [0.5, 0.6) is 0 Å². The molecule has 3 rings (SSSR count). The Morgan fingerprint density at radius 2 is 1.64 bits per heavy atom. The van der Waals surface area contributed by atoms with E-state index in [1.807, 2.05) is 0 Å². The third-order valence-corrected chi connectivity index (χ3v) is 5.97. The molecule has 0 bridgehead atoms. The minimum atomic E-state index is -4.59. The molecule has 0 aliphatic heterocycles. The molecule has 3 aromatic carbocycles. The number of nitrogens with two attached hydrogens (primary N) is 1. The van der Waals surface area contributed by atoms with E-state index >= 15 is 0 Å². The largest absolute Gasteiger partial charge is 0.416 e. The average molecular weight is 498 g/mol.